The van der Waals surface area contributed by atoms with Crippen molar-refractivity contribution in [2.75, 3.05) is 13.3 Å². The van der Waals surface area contributed by atoms with Gasteiger partial charge in [-0.3, -0.25) is 0 Å². The maximum absolute atomic E-state index is 3.46. The van der Waals surface area contributed by atoms with Gasteiger partial charge in [0.05, 0.1) is 0 Å². The summed E-state index contributed by atoms with van der Waals surface area (Å²) in [6.45, 7) is 10.0. The molecule has 0 unspecified atom stereocenters. The topological polar surface area (TPSA) is 0 Å². The van der Waals surface area contributed by atoms with Crippen molar-refractivity contribution >= 4 is 34.8 Å². The SMILES string of the molecule is C=CC=CC.CP(C)c1cc2ccccc2[cH-]1.[Ti+2].c1ccc2[cH-]ccc2c1. The largest absolute Gasteiger partial charge is 2.00 e. The van der Waals surface area contributed by atoms with Gasteiger partial charge in [-0.05, 0) is 20.3 Å². The Hall–Kier alpha value is -1.72. The molecule has 136 valence electrons. The van der Waals surface area contributed by atoms with Crippen molar-refractivity contribution in [3.8, 4) is 0 Å². The molecule has 0 amide bonds. The molecule has 2 heteroatoms. The Kier molecular flexibility index (Phi) is 10.9. The zero-order valence-corrected chi connectivity index (χ0v) is 18.8. The summed E-state index contributed by atoms with van der Waals surface area (Å²) in [6, 6.07) is 27.8. The minimum atomic E-state index is 0. The summed E-state index contributed by atoms with van der Waals surface area (Å²) >= 11 is 0. The van der Waals surface area contributed by atoms with E-state index >= 15 is 0 Å². The zero-order chi connectivity index (χ0) is 18.8. The van der Waals surface area contributed by atoms with Crippen molar-refractivity contribution < 1.29 is 21.7 Å². The van der Waals surface area contributed by atoms with Crippen LogP contribution in [0.15, 0.2) is 104 Å². The number of benzene rings is 2. The smallest absolute Gasteiger partial charge is 0.168 e. The van der Waals surface area contributed by atoms with E-state index in [1.807, 2.05) is 19.1 Å². The number of hydrogen-bond donors (Lipinski definition) is 0. The van der Waals surface area contributed by atoms with Gasteiger partial charge in [0.1, 0.15) is 0 Å². The first-order valence-corrected chi connectivity index (χ1v) is 11.1. The first-order valence-electron chi connectivity index (χ1n) is 8.82. The number of allylic oxidation sites excluding steroid dienone is 3. The van der Waals surface area contributed by atoms with E-state index < -0.39 is 0 Å². The predicted octanol–water partition coefficient (Wildman–Crippen LogP) is 7.23. The molecule has 0 saturated heterocycles. The molecule has 0 N–H and O–H groups in total. The summed E-state index contributed by atoms with van der Waals surface area (Å²) in [5.41, 5.74) is 0. The molecule has 4 aromatic rings. The van der Waals surface area contributed by atoms with Gasteiger partial charge in [0.15, 0.2) is 0 Å². The fourth-order valence-corrected chi connectivity index (χ4v) is 3.39. The summed E-state index contributed by atoms with van der Waals surface area (Å²) in [5.74, 6) is 0. The third-order valence-electron chi connectivity index (χ3n) is 4.00. The average Bonchev–Trinajstić information content (AvgIpc) is 3.30. The Balaban J connectivity index is 0.000000217. The van der Waals surface area contributed by atoms with Crippen molar-refractivity contribution in [2.45, 2.75) is 6.92 Å². The molecular formula is C25H27PTi. The summed E-state index contributed by atoms with van der Waals surface area (Å²) in [6.07, 6.45) is 5.58. The van der Waals surface area contributed by atoms with E-state index in [2.05, 4.69) is 98.8 Å². The predicted molar refractivity (Wildman–Crippen MR) is 122 cm³/mol. The van der Waals surface area contributed by atoms with Crippen LogP contribution in [0.1, 0.15) is 6.92 Å². The molecule has 0 aliphatic heterocycles. The van der Waals surface area contributed by atoms with E-state index in [0.717, 1.165) is 0 Å². The molecule has 0 atom stereocenters. The van der Waals surface area contributed by atoms with E-state index in [-0.39, 0.29) is 29.6 Å². The van der Waals surface area contributed by atoms with Crippen LogP contribution in [0.5, 0.6) is 0 Å². The van der Waals surface area contributed by atoms with Crippen LogP contribution in [-0.4, -0.2) is 13.3 Å². The van der Waals surface area contributed by atoms with Crippen molar-refractivity contribution in [2.24, 2.45) is 0 Å². The molecule has 27 heavy (non-hydrogen) atoms. The summed E-state index contributed by atoms with van der Waals surface area (Å²) < 4.78 is 0. The zero-order valence-electron chi connectivity index (χ0n) is 16.4. The quantitative estimate of drug-likeness (QED) is 0.143. The van der Waals surface area contributed by atoms with Crippen LogP contribution in [0.25, 0.3) is 21.5 Å². The van der Waals surface area contributed by atoms with Gasteiger partial charge in [-0.25, -0.2) is 0 Å². The molecule has 4 rings (SSSR count). The molecular weight excluding hydrogens is 379 g/mol. The van der Waals surface area contributed by atoms with Crippen LogP contribution in [0.4, 0.5) is 0 Å². The second kappa shape index (κ2) is 12.6. The number of rotatable bonds is 2. The Bertz CT molecular complexity index is 893. The fraction of sp³-hybridized carbons (Fsp3) is 0.120. The van der Waals surface area contributed by atoms with E-state index in [9.17, 15) is 0 Å². The van der Waals surface area contributed by atoms with Crippen LogP contribution in [0.2, 0.25) is 0 Å². The van der Waals surface area contributed by atoms with Crippen molar-refractivity contribution in [1.29, 1.82) is 0 Å². The van der Waals surface area contributed by atoms with Gasteiger partial charge >= 0.3 is 21.7 Å². The number of fused-ring (bicyclic) bond motifs is 2. The molecule has 0 nitrogen and oxygen atoms in total. The molecule has 0 bridgehead atoms. The Morgan fingerprint density at radius 3 is 2.04 bits per heavy atom. The Morgan fingerprint density at radius 1 is 0.889 bits per heavy atom. The van der Waals surface area contributed by atoms with Gasteiger partial charge in [-0.2, -0.15) is 23.6 Å². The van der Waals surface area contributed by atoms with Crippen molar-refractivity contribution in [1.82, 2.24) is 0 Å². The molecule has 4 aromatic carbocycles. The second-order valence-corrected chi connectivity index (χ2v) is 8.46. The van der Waals surface area contributed by atoms with Crippen molar-refractivity contribution in [3.63, 3.8) is 0 Å². The van der Waals surface area contributed by atoms with E-state index in [1.54, 1.807) is 6.08 Å². The molecule has 0 aliphatic rings. The van der Waals surface area contributed by atoms with Crippen LogP contribution < -0.4 is 5.30 Å². The number of hydrogen-bond acceptors (Lipinski definition) is 0. The fourth-order valence-electron chi connectivity index (χ4n) is 2.60. The first kappa shape index (κ1) is 23.3. The van der Waals surface area contributed by atoms with Crippen LogP contribution in [0.3, 0.4) is 0 Å². The van der Waals surface area contributed by atoms with Crippen LogP contribution in [0, 0.1) is 0 Å². The summed E-state index contributed by atoms with van der Waals surface area (Å²) in [5, 5.41) is 6.92. The third-order valence-corrected chi connectivity index (χ3v) is 5.29. The molecule has 0 aromatic heterocycles. The van der Waals surface area contributed by atoms with E-state index in [0.29, 0.717) is 0 Å². The monoisotopic (exact) mass is 406 g/mol. The second-order valence-electron chi connectivity index (χ2n) is 6.15. The summed E-state index contributed by atoms with van der Waals surface area (Å²) in [7, 11) is 0.0576. The standard InChI is InChI=1S/C11H12P.C9H7.C5H8.Ti/c1-12(2)11-7-9-5-3-4-6-10(9)8-11;1-2-5-9-7-3-6-8(9)4-1;1-3-5-4-2;/h3-8H,1-2H3;1-7H;3-5H,1H2,2H3;/q2*-1;;+2. The van der Waals surface area contributed by atoms with Gasteiger partial charge < -0.3 is 0 Å². The molecule has 0 saturated carbocycles. The van der Waals surface area contributed by atoms with Gasteiger partial charge in [-0.1, -0.05) is 36.9 Å². The van der Waals surface area contributed by atoms with Gasteiger partial charge in [0.2, 0.25) is 0 Å². The Labute approximate surface area is 180 Å². The third kappa shape index (κ3) is 7.43. The maximum atomic E-state index is 3.46. The average molecular weight is 406 g/mol. The molecule has 0 fully saturated rings. The van der Waals surface area contributed by atoms with Crippen LogP contribution in [-0.2, 0) is 21.7 Å². The summed E-state index contributed by atoms with van der Waals surface area (Å²) in [4.78, 5) is 0. The Morgan fingerprint density at radius 2 is 1.52 bits per heavy atom. The van der Waals surface area contributed by atoms with Crippen LogP contribution >= 0.6 is 7.92 Å². The molecule has 0 aliphatic carbocycles. The molecule has 0 spiro atoms. The molecule has 0 heterocycles. The minimum absolute atomic E-state index is 0. The normalized spacial score (nSPS) is 10.1. The minimum Gasteiger partial charge on any atom is -0.168 e. The molecule has 0 radical (unpaired) electrons. The maximum Gasteiger partial charge on any atom is 2.00 e. The van der Waals surface area contributed by atoms with E-state index in [4.69, 9.17) is 0 Å². The van der Waals surface area contributed by atoms with Gasteiger partial charge in [-0.15, -0.1) is 77.9 Å². The van der Waals surface area contributed by atoms with Crippen molar-refractivity contribution in [3.05, 3.63) is 104 Å². The van der Waals surface area contributed by atoms with E-state index in [1.165, 1.54) is 26.8 Å². The van der Waals surface area contributed by atoms with Gasteiger partial charge in [0.25, 0.3) is 0 Å². The van der Waals surface area contributed by atoms with Gasteiger partial charge in [0, 0.05) is 0 Å². The first-order chi connectivity index (χ1) is 12.7.